The van der Waals surface area contributed by atoms with Crippen LogP contribution in [0.2, 0.25) is 0 Å². The van der Waals surface area contributed by atoms with Crippen molar-refractivity contribution in [1.29, 1.82) is 0 Å². The molecule has 5 nitrogen and oxygen atoms in total. The molecule has 5 heteroatoms. The Morgan fingerprint density at radius 1 is 1.61 bits per heavy atom. The standard InChI is InChI=1S/C13H24N4O/c1-17-10-11(9-15-17)4-5-12(16-14)8-13(18-2)6-3-7-13/h9-10,12,16H,3-8,14H2,1-2H3. The lowest BCUT2D eigenvalue weighted by Crippen LogP contribution is -2.47. The molecule has 0 amide bonds. The van der Waals surface area contributed by atoms with E-state index in [1.807, 2.05) is 25.0 Å². The van der Waals surface area contributed by atoms with E-state index in [0.717, 1.165) is 32.1 Å². The molecule has 3 N–H and O–H groups in total. The minimum Gasteiger partial charge on any atom is -0.378 e. The first-order chi connectivity index (χ1) is 8.67. The molecule has 0 aromatic carbocycles. The maximum absolute atomic E-state index is 5.66. The van der Waals surface area contributed by atoms with E-state index < -0.39 is 0 Å². The molecule has 0 saturated heterocycles. The molecule has 2 rings (SSSR count). The average molecular weight is 252 g/mol. The number of nitrogens with zero attached hydrogens (tertiary/aromatic N) is 2. The predicted molar refractivity (Wildman–Crippen MR) is 70.8 cm³/mol. The van der Waals surface area contributed by atoms with E-state index in [1.54, 1.807) is 0 Å². The van der Waals surface area contributed by atoms with Crippen molar-refractivity contribution >= 4 is 0 Å². The van der Waals surface area contributed by atoms with E-state index in [0.29, 0.717) is 6.04 Å². The van der Waals surface area contributed by atoms with Crippen LogP contribution < -0.4 is 11.3 Å². The van der Waals surface area contributed by atoms with Crippen molar-refractivity contribution in [3.8, 4) is 0 Å². The van der Waals surface area contributed by atoms with Crippen LogP contribution in [0.4, 0.5) is 0 Å². The molecular weight excluding hydrogens is 228 g/mol. The van der Waals surface area contributed by atoms with Crippen LogP contribution in [0, 0.1) is 0 Å². The first-order valence-corrected chi connectivity index (χ1v) is 6.66. The van der Waals surface area contributed by atoms with Gasteiger partial charge in [-0.1, -0.05) is 0 Å². The number of nitrogens with two attached hydrogens (primary N) is 1. The van der Waals surface area contributed by atoms with Crippen LogP contribution >= 0.6 is 0 Å². The van der Waals surface area contributed by atoms with E-state index >= 15 is 0 Å². The highest BCUT2D eigenvalue weighted by Crippen LogP contribution is 2.39. The number of nitrogens with one attached hydrogen (secondary N) is 1. The summed E-state index contributed by atoms with van der Waals surface area (Å²) in [4.78, 5) is 0. The summed E-state index contributed by atoms with van der Waals surface area (Å²) in [6, 6.07) is 0.311. The minimum absolute atomic E-state index is 0.0754. The van der Waals surface area contributed by atoms with Gasteiger partial charge in [0.25, 0.3) is 0 Å². The Morgan fingerprint density at radius 2 is 2.39 bits per heavy atom. The third-order valence-electron chi connectivity index (χ3n) is 4.09. The van der Waals surface area contributed by atoms with Crippen molar-refractivity contribution in [2.75, 3.05) is 7.11 Å². The summed E-state index contributed by atoms with van der Waals surface area (Å²) in [6.07, 6.45) is 10.6. The molecule has 18 heavy (non-hydrogen) atoms. The van der Waals surface area contributed by atoms with Gasteiger partial charge in [-0.25, -0.2) is 0 Å². The minimum atomic E-state index is 0.0754. The van der Waals surface area contributed by atoms with Crippen LogP contribution in [0.1, 0.15) is 37.7 Å². The van der Waals surface area contributed by atoms with Crippen molar-refractivity contribution < 1.29 is 4.74 Å². The van der Waals surface area contributed by atoms with Gasteiger partial charge >= 0.3 is 0 Å². The molecule has 0 aliphatic heterocycles. The molecule has 0 bridgehead atoms. The lowest BCUT2D eigenvalue weighted by atomic mass is 9.75. The van der Waals surface area contributed by atoms with Crippen molar-refractivity contribution in [3.05, 3.63) is 18.0 Å². The van der Waals surface area contributed by atoms with Gasteiger partial charge in [-0.15, -0.1) is 0 Å². The largest absolute Gasteiger partial charge is 0.378 e. The van der Waals surface area contributed by atoms with E-state index in [4.69, 9.17) is 10.6 Å². The van der Waals surface area contributed by atoms with Gasteiger partial charge in [0.1, 0.15) is 0 Å². The zero-order valence-corrected chi connectivity index (χ0v) is 11.4. The monoisotopic (exact) mass is 252 g/mol. The Hall–Kier alpha value is -0.910. The Bertz CT molecular complexity index is 367. The van der Waals surface area contributed by atoms with Gasteiger partial charge in [0.05, 0.1) is 11.8 Å². The molecular formula is C13H24N4O. The van der Waals surface area contributed by atoms with Crippen molar-refractivity contribution in [3.63, 3.8) is 0 Å². The zero-order valence-electron chi connectivity index (χ0n) is 11.4. The molecule has 1 heterocycles. The number of hydrazine groups is 1. The number of hydrogen-bond donors (Lipinski definition) is 2. The van der Waals surface area contributed by atoms with Gasteiger partial charge in [-0.3, -0.25) is 16.0 Å². The van der Waals surface area contributed by atoms with E-state index in [1.165, 1.54) is 12.0 Å². The first kappa shape index (κ1) is 13.5. The number of rotatable bonds is 7. The van der Waals surface area contributed by atoms with Crippen molar-refractivity contribution in [2.45, 2.75) is 50.2 Å². The summed E-state index contributed by atoms with van der Waals surface area (Å²) in [5.41, 5.74) is 4.27. The van der Waals surface area contributed by atoms with Gasteiger partial charge in [0.2, 0.25) is 0 Å². The zero-order chi connectivity index (χ0) is 13.0. The number of aromatic nitrogens is 2. The lowest BCUT2D eigenvalue weighted by molar-refractivity contribution is -0.0838. The third-order valence-corrected chi connectivity index (χ3v) is 4.09. The van der Waals surface area contributed by atoms with Crippen LogP contribution in [-0.2, 0) is 18.2 Å². The second-order valence-corrected chi connectivity index (χ2v) is 5.37. The Balaban J connectivity index is 1.82. The topological polar surface area (TPSA) is 65.1 Å². The molecule has 1 aromatic heterocycles. The molecule has 0 spiro atoms. The summed E-state index contributed by atoms with van der Waals surface area (Å²) < 4.78 is 7.49. The fourth-order valence-electron chi connectivity index (χ4n) is 2.70. The second kappa shape index (κ2) is 5.82. The van der Waals surface area contributed by atoms with E-state index in [-0.39, 0.29) is 5.60 Å². The van der Waals surface area contributed by atoms with Crippen LogP contribution in [0.3, 0.4) is 0 Å². The third kappa shape index (κ3) is 3.10. The van der Waals surface area contributed by atoms with Crippen molar-refractivity contribution in [2.24, 2.45) is 12.9 Å². The first-order valence-electron chi connectivity index (χ1n) is 6.66. The average Bonchev–Trinajstić information content (AvgIpc) is 2.74. The smallest absolute Gasteiger partial charge is 0.0694 e. The molecule has 1 atom stereocenters. The summed E-state index contributed by atoms with van der Waals surface area (Å²) in [7, 11) is 3.75. The van der Waals surface area contributed by atoms with E-state index in [2.05, 4.69) is 16.7 Å². The molecule has 1 fully saturated rings. The number of hydrogen-bond acceptors (Lipinski definition) is 4. The second-order valence-electron chi connectivity index (χ2n) is 5.37. The SMILES string of the molecule is COC1(CC(CCc2cnn(C)c2)NN)CCC1. The molecule has 102 valence electrons. The number of aryl methyl sites for hydroxylation is 2. The van der Waals surface area contributed by atoms with Crippen molar-refractivity contribution in [1.82, 2.24) is 15.2 Å². The Morgan fingerprint density at radius 3 is 2.83 bits per heavy atom. The van der Waals surface area contributed by atoms with Gasteiger partial charge in [0.15, 0.2) is 0 Å². The summed E-state index contributed by atoms with van der Waals surface area (Å²) in [5, 5.41) is 4.18. The summed E-state index contributed by atoms with van der Waals surface area (Å²) >= 11 is 0. The normalized spacial score (nSPS) is 19.5. The predicted octanol–water partition coefficient (Wildman–Crippen LogP) is 1.14. The molecule has 1 aliphatic rings. The highest BCUT2D eigenvalue weighted by Gasteiger charge is 2.38. The van der Waals surface area contributed by atoms with Gasteiger partial charge in [-0.05, 0) is 44.1 Å². The van der Waals surface area contributed by atoms with E-state index in [9.17, 15) is 0 Å². The number of methoxy groups -OCH3 is 1. The van der Waals surface area contributed by atoms with Crippen LogP contribution in [0.5, 0.6) is 0 Å². The highest BCUT2D eigenvalue weighted by molar-refractivity contribution is 5.04. The van der Waals surface area contributed by atoms with Gasteiger partial charge in [-0.2, -0.15) is 5.10 Å². The molecule has 1 aliphatic carbocycles. The molecule has 1 saturated carbocycles. The van der Waals surface area contributed by atoms with Crippen LogP contribution in [-0.4, -0.2) is 28.5 Å². The quantitative estimate of drug-likeness (QED) is 0.564. The summed E-state index contributed by atoms with van der Waals surface area (Å²) in [6.45, 7) is 0. The Labute approximate surface area is 109 Å². The maximum atomic E-state index is 5.66. The fraction of sp³-hybridized carbons (Fsp3) is 0.769. The summed E-state index contributed by atoms with van der Waals surface area (Å²) in [5.74, 6) is 5.66. The maximum Gasteiger partial charge on any atom is 0.0694 e. The fourth-order valence-corrected chi connectivity index (χ4v) is 2.70. The lowest BCUT2D eigenvalue weighted by Gasteiger charge is -2.42. The van der Waals surface area contributed by atoms with Crippen LogP contribution in [0.25, 0.3) is 0 Å². The van der Waals surface area contributed by atoms with Gasteiger partial charge < -0.3 is 4.74 Å². The Kier molecular flexibility index (Phi) is 4.37. The number of ether oxygens (including phenoxy) is 1. The van der Waals surface area contributed by atoms with Crippen LogP contribution in [0.15, 0.2) is 12.4 Å². The highest BCUT2D eigenvalue weighted by atomic mass is 16.5. The van der Waals surface area contributed by atoms with Gasteiger partial charge in [0, 0.05) is 26.4 Å². The molecule has 1 unspecified atom stereocenters. The molecule has 1 aromatic rings. The molecule has 0 radical (unpaired) electrons.